The van der Waals surface area contributed by atoms with E-state index in [9.17, 15) is 29.4 Å². The van der Waals surface area contributed by atoms with Crippen molar-refractivity contribution < 1.29 is 38.9 Å². The lowest BCUT2D eigenvalue weighted by molar-refractivity contribution is -0.221. The third-order valence-electron chi connectivity index (χ3n) is 7.77. The highest BCUT2D eigenvalue weighted by Gasteiger charge is 2.74. The maximum atomic E-state index is 13.0. The average Bonchev–Trinajstić information content (AvgIpc) is 2.89. The molecule has 2 fully saturated rings. The van der Waals surface area contributed by atoms with Crippen molar-refractivity contribution in [2.24, 2.45) is 35.5 Å². The number of rotatable bonds is 13. The fraction of sp³-hybridized carbons (Fsp3) is 0.448. The summed E-state index contributed by atoms with van der Waals surface area (Å²) in [6, 6.07) is 14.7. The lowest BCUT2D eigenvalue weighted by Crippen LogP contribution is -2.73. The van der Waals surface area contributed by atoms with E-state index in [0.29, 0.717) is 24.7 Å². The van der Waals surface area contributed by atoms with E-state index in [1.54, 1.807) is 24.3 Å². The van der Waals surface area contributed by atoms with E-state index in [-0.39, 0.29) is 0 Å². The number of hydrogen-bond acceptors (Lipinski definition) is 6. The number of benzene rings is 2. The molecule has 4 rings (SSSR count). The number of fused-ring (bicyclic) bond motifs is 1. The highest BCUT2D eigenvalue weighted by Crippen LogP contribution is 2.65. The SMILES string of the molecule is CNC(=O)C1C(C(=O)O)C2C(C(=O)O)C(C(=O)Nc3ccc(OCCCCCOc4ccc(C)cc4)cc3)C12. The number of anilines is 1. The number of carboxylic acids is 2. The van der Waals surface area contributed by atoms with Gasteiger partial charge in [-0.2, -0.15) is 0 Å². The van der Waals surface area contributed by atoms with Crippen LogP contribution in [0, 0.1) is 42.4 Å². The highest BCUT2D eigenvalue weighted by molar-refractivity contribution is 5.99. The van der Waals surface area contributed by atoms with Crippen molar-refractivity contribution >= 4 is 29.4 Å². The Hall–Kier alpha value is -4.08. The van der Waals surface area contributed by atoms with Crippen LogP contribution >= 0.6 is 0 Å². The Bertz CT molecular complexity index is 1200. The quantitative estimate of drug-likeness (QED) is 0.284. The van der Waals surface area contributed by atoms with Gasteiger partial charge in [-0.1, -0.05) is 17.7 Å². The van der Waals surface area contributed by atoms with Crippen molar-refractivity contribution in [1.29, 1.82) is 0 Å². The first-order chi connectivity index (χ1) is 18.7. The fourth-order valence-electron chi connectivity index (χ4n) is 5.81. The van der Waals surface area contributed by atoms with Crippen LogP contribution in [0.3, 0.4) is 0 Å². The summed E-state index contributed by atoms with van der Waals surface area (Å²) >= 11 is 0. The Morgan fingerprint density at radius 3 is 1.64 bits per heavy atom. The first kappa shape index (κ1) is 27.9. The van der Waals surface area contributed by atoms with E-state index >= 15 is 0 Å². The normalized spacial score (nSPS) is 24.8. The smallest absolute Gasteiger partial charge is 0.307 e. The number of aliphatic carboxylic acids is 2. The molecular weight excluding hydrogens is 504 g/mol. The lowest BCUT2D eigenvalue weighted by atomic mass is 9.37. The average molecular weight is 539 g/mol. The van der Waals surface area contributed by atoms with Crippen LogP contribution in [0.1, 0.15) is 24.8 Å². The van der Waals surface area contributed by atoms with Gasteiger partial charge in [0.25, 0.3) is 0 Å². The van der Waals surface area contributed by atoms with Crippen LogP contribution < -0.4 is 20.1 Å². The number of amides is 2. The molecule has 2 aliphatic rings. The molecule has 10 nitrogen and oxygen atoms in total. The third-order valence-corrected chi connectivity index (χ3v) is 7.77. The van der Waals surface area contributed by atoms with Crippen LogP contribution in [0.5, 0.6) is 11.5 Å². The van der Waals surface area contributed by atoms with Crippen molar-refractivity contribution in [1.82, 2.24) is 5.32 Å². The Morgan fingerprint density at radius 1 is 0.692 bits per heavy atom. The highest BCUT2D eigenvalue weighted by atomic mass is 16.5. The molecule has 2 aromatic carbocycles. The van der Waals surface area contributed by atoms with Crippen LogP contribution in [0.4, 0.5) is 5.69 Å². The molecule has 0 radical (unpaired) electrons. The minimum atomic E-state index is -1.23. The van der Waals surface area contributed by atoms with Crippen molar-refractivity contribution in [2.45, 2.75) is 26.2 Å². The minimum Gasteiger partial charge on any atom is -0.494 e. The predicted octanol–water partition coefficient (Wildman–Crippen LogP) is 3.20. The van der Waals surface area contributed by atoms with Crippen LogP contribution in [0.15, 0.2) is 48.5 Å². The number of carboxylic acid groups (broad SMARTS) is 2. The van der Waals surface area contributed by atoms with E-state index < -0.39 is 59.3 Å². The zero-order chi connectivity index (χ0) is 28.1. The van der Waals surface area contributed by atoms with Crippen molar-refractivity contribution in [3.05, 3.63) is 54.1 Å². The topological polar surface area (TPSA) is 151 Å². The summed E-state index contributed by atoms with van der Waals surface area (Å²) in [5, 5.41) is 24.4. The Morgan fingerprint density at radius 2 is 1.15 bits per heavy atom. The maximum Gasteiger partial charge on any atom is 0.307 e. The van der Waals surface area contributed by atoms with Crippen LogP contribution in [-0.4, -0.2) is 54.2 Å². The van der Waals surface area contributed by atoms with Gasteiger partial charge in [0.15, 0.2) is 0 Å². The van der Waals surface area contributed by atoms with Gasteiger partial charge in [0.1, 0.15) is 11.5 Å². The molecule has 0 saturated heterocycles. The molecule has 0 aliphatic heterocycles. The molecule has 6 unspecified atom stereocenters. The van der Waals surface area contributed by atoms with Gasteiger partial charge < -0.3 is 30.3 Å². The monoisotopic (exact) mass is 538 g/mol. The van der Waals surface area contributed by atoms with E-state index in [1.165, 1.54) is 12.6 Å². The molecule has 2 amide bonds. The van der Waals surface area contributed by atoms with E-state index in [1.807, 2.05) is 31.2 Å². The number of carbonyl (C=O) groups excluding carboxylic acids is 2. The van der Waals surface area contributed by atoms with Gasteiger partial charge in [0, 0.05) is 12.7 Å². The summed E-state index contributed by atoms with van der Waals surface area (Å²) in [5.74, 6) is -7.55. The number of nitrogens with one attached hydrogen (secondary N) is 2. The second kappa shape index (κ2) is 12.2. The van der Waals surface area contributed by atoms with Gasteiger partial charge in [-0.25, -0.2) is 0 Å². The largest absolute Gasteiger partial charge is 0.494 e. The molecule has 208 valence electrons. The number of carbonyl (C=O) groups is 4. The predicted molar refractivity (Wildman–Crippen MR) is 141 cm³/mol. The van der Waals surface area contributed by atoms with Crippen LogP contribution in [-0.2, 0) is 19.2 Å². The number of aryl methyl sites for hydroxylation is 1. The molecule has 2 aromatic rings. The number of unbranched alkanes of at least 4 members (excludes halogenated alkanes) is 2. The molecular formula is C29H34N2O8. The van der Waals surface area contributed by atoms with Gasteiger partial charge in [-0.3, -0.25) is 19.2 Å². The second-order valence-corrected chi connectivity index (χ2v) is 10.1. The minimum absolute atomic E-state index is 0.457. The van der Waals surface area contributed by atoms with Crippen molar-refractivity contribution in [3.8, 4) is 11.5 Å². The van der Waals surface area contributed by atoms with Crippen molar-refractivity contribution in [3.63, 3.8) is 0 Å². The summed E-state index contributed by atoms with van der Waals surface area (Å²) in [6.45, 7) is 3.21. The van der Waals surface area contributed by atoms with Crippen molar-refractivity contribution in [2.75, 3.05) is 25.6 Å². The fourth-order valence-corrected chi connectivity index (χ4v) is 5.81. The van der Waals surface area contributed by atoms with Crippen LogP contribution in [0.2, 0.25) is 0 Å². The molecule has 6 atom stereocenters. The molecule has 0 aromatic heterocycles. The summed E-state index contributed by atoms with van der Waals surface area (Å²) in [7, 11) is 1.39. The summed E-state index contributed by atoms with van der Waals surface area (Å²) in [5.41, 5.74) is 1.65. The van der Waals surface area contributed by atoms with Gasteiger partial charge in [0.05, 0.1) is 36.9 Å². The van der Waals surface area contributed by atoms with E-state index in [0.717, 1.165) is 25.0 Å². The van der Waals surface area contributed by atoms with Crippen LogP contribution in [0.25, 0.3) is 0 Å². The zero-order valence-corrected chi connectivity index (χ0v) is 22.0. The maximum absolute atomic E-state index is 13.0. The zero-order valence-electron chi connectivity index (χ0n) is 22.0. The molecule has 0 heterocycles. The van der Waals surface area contributed by atoms with E-state index in [2.05, 4.69) is 10.6 Å². The molecule has 0 spiro atoms. The first-order valence-corrected chi connectivity index (χ1v) is 13.1. The summed E-state index contributed by atoms with van der Waals surface area (Å²) in [4.78, 5) is 48.9. The molecule has 4 N–H and O–H groups in total. The molecule has 10 heteroatoms. The number of ether oxygens (including phenoxy) is 2. The Labute approximate surface area is 226 Å². The molecule has 2 saturated carbocycles. The van der Waals surface area contributed by atoms with Gasteiger partial charge in [0.2, 0.25) is 11.8 Å². The Kier molecular flexibility index (Phi) is 8.73. The lowest BCUT2D eigenvalue weighted by Gasteiger charge is -2.63. The second-order valence-electron chi connectivity index (χ2n) is 10.1. The number of hydrogen-bond donors (Lipinski definition) is 4. The van der Waals surface area contributed by atoms with Gasteiger partial charge in [-0.05, 0) is 74.4 Å². The first-order valence-electron chi connectivity index (χ1n) is 13.1. The summed E-state index contributed by atoms with van der Waals surface area (Å²) < 4.78 is 11.5. The third kappa shape index (κ3) is 6.00. The van der Waals surface area contributed by atoms with Gasteiger partial charge >= 0.3 is 11.9 Å². The molecule has 2 aliphatic carbocycles. The standard InChI is InChI=1S/C29H34N2O8/c1-16-6-10-18(11-7-16)38-14-4-3-5-15-39-19-12-8-17(9-13-19)31-27(33)23-20-21(25(23)29(36)37)24(28(34)35)22(20)26(32)30-2/h6-13,20-25H,3-5,14-15H2,1-2H3,(H,30,32)(H,31,33)(H,34,35)(H,36,37). The Balaban J connectivity index is 1.22. The summed E-state index contributed by atoms with van der Waals surface area (Å²) in [6.07, 6.45) is 2.73. The molecule has 39 heavy (non-hydrogen) atoms. The van der Waals surface area contributed by atoms with Gasteiger partial charge in [-0.15, -0.1) is 0 Å². The molecule has 0 bridgehead atoms. The van der Waals surface area contributed by atoms with E-state index in [4.69, 9.17) is 9.47 Å².